The van der Waals surface area contributed by atoms with Crippen LogP contribution in [0.25, 0.3) is 0 Å². The molecule has 0 radical (unpaired) electrons. The second-order valence-electron chi connectivity index (χ2n) is 8.23. The second kappa shape index (κ2) is 12.3. The van der Waals surface area contributed by atoms with Crippen LogP contribution >= 0.6 is 0 Å². The number of rotatable bonds is 12. The Morgan fingerprint density at radius 2 is 1.32 bits per heavy atom. The lowest BCUT2D eigenvalue weighted by Gasteiger charge is -2.25. The fourth-order valence-electron chi connectivity index (χ4n) is 3.62. The Kier molecular flexibility index (Phi) is 10.8. The molecule has 0 aromatic rings. The number of carboxylic acid groups (broad SMARTS) is 1. The maximum Gasteiger partial charge on any atom is 0.309 e. The van der Waals surface area contributed by atoms with Crippen molar-refractivity contribution >= 4 is 11.9 Å². The summed E-state index contributed by atoms with van der Waals surface area (Å²) in [6, 6.07) is 0. The third-order valence-electron chi connectivity index (χ3n) is 5.37. The summed E-state index contributed by atoms with van der Waals surface area (Å²) < 4.78 is 5.57. The van der Waals surface area contributed by atoms with Gasteiger partial charge in [-0.15, -0.1) is 0 Å². The van der Waals surface area contributed by atoms with Crippen molar-refractivity contribution in [3.05, 3.63) is 0 Å². The quantitative estimate of drug-likeness (QED) is 0.367. The molecule has 1 atom stereocenters. The first-order valence-corrected chi connectivity index (χ1v) is 10.3. The Hall–Kier alpha value is -1.06. The molecule has 0 bridgehead atoms. The average molecular weight is 355 g/mol. The molecular formula is C21H38O4. The largest absolute Gasteiger partial charge is 0.481 e. The van der Waals surface area contributed by atoms with Crippen molar-refractivity contribution in [3.8, 4) is 0 Å². The molecule has 4 heteroatoms. The van der Waals surface area contributed by atoms with E-state index >= 15 is 0 Å². The molecule has 25 heavy (non-hydrogen) atoms. The predicted octanol–water partition coefficient (Wildman–Crippen LogP) is 5.59. The van der Waals surface area contributed by atoms with Crippen molar-refractivity contribution < 1.29 is 19.4 Å². The lowest BCUT2D eigenvalue weighted by molar-refractivity contribution is -0.156. The van der Waals surface area contributed by atoms with E-state index < -0.39 is 5.97 Å². The highest BCUT2D eigenvalue weighted by atomic mass is 16.5. The van der Waals surface area contributed by atoms with E-state index in [2.05, 4.69) is 13.8 Å². The summed E-state index contributed by atoms with van der Waals surface area (Å²) in [5.74, 6) is -0.412. The fraction of sp³-hybridized carbons (Fsp3) is 0.905. The van der Waals surface area contributed by atoms with E-state index in [4.69, 9.17) is 9.84 Å². The van der Waals surface area contributed by atoms with E-state index in [0.717, 1.165) is 18.8 Å². The van der Waals surface area contributed by atoms with Gasteiger partial charge in [-0.1, -0.05) is 52.4 Å². The van der Waals surface area contributed by atoms with Crippen LogP contribution in [-0.2, 0) is 14.3 Å². The van der Waals surface area contributed by atoms with Crippen LogP contribution in [0.2, 0.25) is 0 Å². The summed E-state index contributed by atoms with van der Waals surface area (Å²) >= 11 is 0. The number of carbonyl (C=O) groups excluding carboxylic acids is 1. The maximum absolute atomic E-state index is 12.2. The van der Waals surface area contributed by atoms with Crippen LogP contribution in [0.15, 0.2) is 0 Å². The van der Waals surface area contributed by atoms with E-state index in [0.29, 0.717) is 25.7 Å². The average Bonchev–Trinajstić information content (AvgIpc) is 2.57. The molecule has 1 aliphatic rings. The number of carbonyl (C=O) groups is 2. The van der Waals surface area contributed by atoms with Crippen LogP contribution in [0.4, 0.5) is 0 Å². The lowest BCUT2D eigenvalue weighted by atomic mass is 9.82. The first-order chi connectivity index (χ1) is 11.9. The second-order valence-corrected chi connectivity index (χ2v) is 8.23. The molecule has 0 aromatic carbocycles. The van der Waals surface area contributed by atoms with E-state index in [-0.39, 0.29) is 23.9 Å². The number of hydrogen-bond acceptors (Lipinski definition) is 3. The highest BCUT2D eigenvalue weighted by Crippen LogP contribution is 2.30. The Morgan fingerprint density at radius 1 is 0.840 bits per heavy atom. The summed E-state index contributed by atoms with van der Waals surface area (Å²) in [5.41, 5.74) is 0. The van der Waals surface area contributed by atoms with Crippen molar-refractivity contribution in [2.24, 2.45) is 17.8 Å². The third-order valence-corrected chi connectivity index (χ3v) is 5.37. The van der Waals surface area contributed by atoms with Gasteiger partial charge in [0, 0.05) is 0 Å². The van der Waals surface area contributed by atoms with Gasteiger partial charge in [0.2, 0.25) is 0 Å². The first kappa shape index (κ1) is 22.0. The van der Waals surface area contributed by atoms with Crippen LogP contribution in [0.1, 0.15) is 97.8 Å². The van der Waals surface area contributed by atoms with Crippen molar-refractivity contribution in [2.45, 2.75) is 104 Å². The highest BCUT2D eigenvalue weighted by molar-refractivity contribution is 5.74. The number of unbranched alkanes of at least 4 members (excludes halogenated alkanes) is 5. The van der Waals surface area contributed by atoms with Gasteiger partial charge in [-0.2, -0.15) is 0 Å². The van der Waals surface area contributed by atoms with Gasteiger partial charge >= 0.3 is 11.9 Å². The maximum atomic E-state index is 12.2. The van der Waals surface area contributed by atoms with Crippen molar-refractivity contribution in [2.75, 3.05) is 0 Å². The Labute approximate surface area is 153 Å². The Balaban J connectivity index is 2.03. The summed E-state index contributed by atoms with van der Waals surface area (Å²) in [4.78, 5) is 23.1. The fourth-order valence-corrected chi connectivity index (χ4v) is 3.62. The normalized spacial score (nSPS) is 21.9. The molecule has 0 heterocycles. The molecule has 1 fully saturated rings. The topological polar surface area (TPSA) is 63.6 Å². The van der Waals surface area contributed by atoms with Gasteiger partial charge < -0.3 is 9.84 Å². The van der Waals surface area contributed by atoms with Gasteiger partial charge in [0.05, 0.1) is 17.9 Å². The molecule has 1 N–H and O–H groups in total. The van der Waals surface area contributed by atoms with E-state index in [1.54, 1.807) is 0 Å². The zero-order valence-corrected chi connectivity index (χ0v) is 16.5. The molecule has 4 nitrogen and oxygen atoms in total. The van der Waals surface area contributed by atoms with Gasteiger partial charge in [0.15, 0.2) is 0 Å². The summed E-state index contributed by atoms with van der Waals surface area (Å²) in [5, 5.41) is 9.01. The number of ether oxygens (including phenoxy) is 1. The van der Waals surface area contributed by atoms with Gasteiger partial charge in [0.25, 0.3) is 0 Å². The molecular weight excluding hydrogens is 316 g/mol. The third kappa shape index (κ3) is 9.86. The smallest absolute Gasteiger partial charge is 0.309 e. The number of hydrogen-bond donors (Lipinski definition) is 1. The lowest BCUT2D eigenvalue weighted by Crippen LogP contribution is -2.29. The minimum atomic E-state index is -0.732. The van der Waals surface area contributed by atoms with E-state index in [1.165, 1.54) is 38.5 Å². The number of aliphatic carboxylic acids is 1. The van der Waals surface area contributed by atoms with Crippen molar-refractivity contribution in [1.82, 2.24) is 0 Å². The summed E-state index contributed by atoms with van der Waals surface area (Å²) in [6.07, 6.45) is 12.3. The van der Waals surface area contributed by atoms with E-state index in [9.17, 15) is 9.59 Å². The van der Waals surface area contributed by atoms with Crippen molar-refractivity contribution in [1.29, 1.82) is 0 Å². The molecule has 0 saturated heterocycles. The summed E-state index contributed by atoms with van der Waals surface area (Å²) in [7, 11) is 0. The molecule has 1 unspecified atom stereocenters. The molecule has 0 amide bonds. The first-order valence-electron chi connectivity index (χ1n) is 10.3. The van der Waals surface area contributed by atoms with Gasteiger partial charge in [-0.05, 0) is 51.4 Å². The minimum absolute atomic E-state index is 0.0226. The van der Waals surface area contributed by atoms with Gasteiger partial charge in [-0.3, -0.25) is 9.59 Å². The summed E-state index contributed by atoms with van der Waals surface area (Å²) in [6.45, 7) is 6.53. The number of carboxylic acids is 1. The highest BCUT2D eigenvalue weighted by Gasteiger charge is 2.31. The van der Waals surface area contributed by atoms with Gasteiger partial charge in [-0.25, -0.2) is 0 Å². The predicted molar refractivity (Wildman–Crippen MR) is 100 cm³/mol. The molecule has 0 aliphatic heterocycles. The van der Waals surface area contributed by atoms with Crippen molar-refractivity contribution in [3.63, 3.8) is 0 Å². The zero-order valence-electron chi connectivity index (χ0n) is 16.5. The van der Waals surface area contributed by atoms with Gasteiger partial charge in [0.1, 0.15) is 0 Å². The molecule has 1 saturated carbocycles. The van der Waals surface area contributed by atoms with E-state index in [1.807, 2.05) is 6.92 Å². The Bertz CT molecular complexity index is 383. The van der Waals surface area contributed by atoms with Crippen LogP contribution in [0, 0.1) is 17.8 Å². The SMILES string of the molecule is CC(C)CCCCCCCCC(C)OC(=O)C1CCC(C(=O)O)CC1. The van der Waals surface area contributed by atoms with Crippen LogP contribution < -0.4 is 0 Å². The van der Waals surface area contributed by atoms with Crippen LogP contribution in [0.5, 0.6) is 0 Å². The molecule has 1 rings (SSSR count). The number of esters is 1. The zero-order chi connectivity index (χ0) is 18.7. The van der Waals surface area contributed by atoms with Crippen LogP contribution in [0.3, 0.4) is 0 Å². The molecule has 0 aromatic heterocycles. The minimum Gasteiger partial charge on any atom is -0.481 e. The van der Waals surface area contributed by atoms with Crippen LogP contribution in [-0.4, -0.2) is 23.1 Å². The standard InChI is InChI=1S/C21H38O4/c1-16(2)10-8-6-4-5-7-9-11-17(3)25-21(24)19-14-12-18(13-15-19)20(22)23/h16-19H,4-15H2,1-3H3,(H,22,23). The molecule has 146 valence electrons. The monoisotopic (exact) mass is 354 g/mol. The molecule has 1 aliphatic carbocycles. The molecule has 0 spiro atoms. The Morgan fingerprint density at radius 3 is 1.84 bits per heavy atom.